The Hall–Kier alpha value is -2.23. The van der Waals surface area contributed by atoms with Crippen molar-refractivity contribution in [2.45, 2.75) is 6.42 Å². The van der Waals surface area contributed by atoms with E-state index in [0.717, 1.165) is 11.3 Å². The zero-order chi connectivity index (χ0) is 12.1. The molecule has 0 bridgehead atoms. The molecule has 86 valence electrons. The summed E-state index contributed by atoms with van der Waals surface area (Å²) in [7, 11) is 1.59. The lowest BCUT2D eigenvalue weighted by atomic mass is 10.1. The molecule has 0 N–H and O–H groups in total. The average molecular weight is 228 g/mol. The molecule has 0 amide bonds. The second kappa shape index (κ2) is 5.21. The molecule has 2 aromatic rings. The van der Waals surface area contributed by atoms with Gasteiger partial charge in [-0.1, -0.05) is 18.2 Å². The zero-order valence-corrected chi connectivity index (χ0v) is 9.46. The van der Waals surface area contributed by atoms with E-state index >= 15 is 0 Å². The summed E-state index contributed by atoms with van der Waals surface area (Å²) in [6, 6.07) is 9.07. The number of aromatic nitrogens is 2. The number of ketones is 1. The molecule has 0 saturated carbocycles. The van der Waals surface area contributed by atoms with Crippen LogP contribution in [0.3, 0.4) is 0 Å². The number of nitrogens with zero attached hydrogens (tertiary/aromatic N) is 2. The molecule has 1 heterocycles. The molecule has 4 nitrogen and oxygen atoms in total. The van der Waals surface area contributed by atoms with Gasteiger partial charge in [-0.3, -0.25) is 4.79 Å². The van der Waals surface area contributed by atoms with Gasteiger partial charge in [0, 0.05) is 18.2 Å². The first-order chi connectivity index (χ1) is 8.31. The summed E-state index contributed by atoms with van der Waals surface area (Å²) in [5.41, 5.74) is 1.28. The Bertz CT molecular complexity index is 512. The van der Waals surface area contributed by atoms with Crippen LogP contribution >= 0.6 is 0 Å². The number of hydrogen-bond acceptors (Lipinski definition) is 4. The lowest BCUT2D eigenvalue weighted by Gasteiger charge is -2.06. The number of carbonyl (C=O) groups is 1. The van der Waals surface area contributed by atoms with Gasteiger partial charge in [-0.05, 0) is 12.1 Å². The van der Waals surface area contributed by atoms with E-state index in [-0.39, 0.29) is 12.2 Å². The van der Waals surface area contributed by atoms with Crippen LogP contribution in [0.4, 0.5) is 0 Å². The highest BCUT2D eigenvalue weighted by molar-refractivity contribution is 5.95. The van der Waals surface area contributed by atoms with Crippen LogP contribution in [0.1, 0.15) is 16.1 Å². The maximum Gasteiger partial charge on any atom is 0.185 e. The third-order valence-electron chi connectivity index (χ3n) is 2.41. The molecule has 2 rings (SSSR count). The minimum atomic E-state index is -0.0445. The first-order valence-electron chi connectivity index (χ1n) is 5.22. The highest BCUT2D eigenvalue weighted by Crippen LogP contribution is 2.18. The average Bonchev–Trinajstić information content (AvgIpc) is 2.40. The van der Waals surface area contributed by atoms with E-state index in [1.54, 1.807) is 19.4 Å². The molecule has 0 atom stereocenters. The lowest BCUT2D eigenvalue weighted by molar-refractivity contribution is 0.0987. The predicted octanol–water partition coefficient (Wildman–Crippen LogP) is 1.91. The lowest BCUT2D eigenvalue weighted by Crippen LogP contribution is -2.07. The summed E-state index contributed by atoms with van der Waals surface area (Å²) in [6.07, 6.45) is 3.21. The summed E-state index contributed by atoms with van der Waals surface area (Å²) in [6.45, 7) is 0. The Balaban J connectivity index is 2.19. The molecule has 0 fully saturated rings. The highest BCUT2D eigenvalue weighted by Gasteiger charge is 2.11. The molecule has 0 aliphatic carbocycles. The normalized spacial score (nSPS) is 9.94. The summed E-state index contributed by atoms with van der Waals surface area (Å²) < 4.78 is 5.20. The van der Waals surface area contributed by atoms with Crippen molar-refractivity contribution in [1.29, 1.82) is 0 Å². The third kappa shape index (κ3) is 2.66. The SMILES string of the molecule is COc1ccccc1CC(=O)c1ccncn1. The smallest absolute Gasteiger partial charge is 0.185 e. The monoisotopic (exact) mass is 228 g/mol. The van der Waals surface area contributed by atoms with Crippen molar-refractivity contribution < 1.29 is 9.53 Å². The number of rotatable bonds is 4. The van der Waals surface area contributed by atoms with E-state index in [2.05, 4.69) is 9.97 Å². The molecule has 0 unspecified atom stereocenters. The quantitative estimate of drug-likeness (QED) is 0.750. The van der Waals surface area contributed by atoms with Gasteiger partial charge in [-0.15, -0.1) is 0 Å². The number of hydrogen-bond donors (Lipinski definition) is 0. The van der Waals surface area contributed by atoms with E-state index in [0.29, 0.717) is 5.69 Å². The number of ether oxygens (including phenoxy) is 1. The van der Waals surface area contributed by atoms with Gasteiger partial charge in [-0.2, -0.15) is 0 Å². The Labute approximate surface area is 99.3 Å². The topological polar surface area (TPSA) is 52.1 Å². The standard InChI is InChI=1S/C13H12N2O2/c1-17-13-5-3-2-4-10(13)8-12(16)11-6-7-14-9-15-11/h2-7,9H,8H2,1H3. The zero-order valence-electron chi connectivity index (χ0n) is 9.46. The molecule has 1 aromatic heterocycles. The van der Waals surface area contributed by atoms with Crippen molar-refractivity contribution >= 4 is 5.78 Å². The number of benzene rings is 1. The van der Waals surface area contributed by atoms with Crippen LogP contribution in [0.15, 0.2) is 42.9 Å². The van der Waals surface area contributed by atoms with Crippen molar-refractivity contribution in [1.82, 2.24) is 9.97 Å². The summed E-state index contributed by atoms with van der Waals surface area (Å²) in [4.78, 5) is 19.6. The van der Waals surface area contributed by atoms with E-state index < -0.39 is 0 Å². The van der Waals surface area contributed by atoms with Crippen LogP contribution in [0, 0.1) is 0 Å². The Morgan fingerprint density at radius 2 is 2.12 bits per heavy atom. The summed E-state index contributed by atoms with van der Waals surface area (Å²) >= 11 is 0. The van der Waals surface area contributed by atoms with Crippen molar-refractivity contribution in [3.05, 3.63) is 54.1 Å². The molecule has 0 aliphatic heterocycles. The second-order valence-corrected chi connectivity index (χ2v) is 3.51. The third-order valence-corrected chi connectivity index (χ3v) is 2.41. The van der Waals surface area contributed by atoms with E-state index in [1.165, 1.54) is 6.33 Å². The van der Waals surface area contributed by atoms with Gasteiger partial charge < -0.3 is 4.74 Å². The highest BCUT2D eigenvalue weighted by atomic mass is 16.5. The Morgan fingerprint density at radius 3 is 2.82 bits per heavy atom. The molecule has 17 heavy (non-hydrogen) atoms. The van der Waals surface area contributed by atoms with Crippen molar-refractivity contribution in [2.24, 2.45) is 0 Å². The molecular weight excluding hydrogens is 216 g/mol. The molecule has 4 heteroatoms. The summed E-state index contributed by atoms with van der Waals surface area (Å²) in [5, 5.41) is 0. The maximum absolute atomic E-state index is 11.9. The summed E-state index contributed by atoms with van der Waals surface area (Å²) in [5.74, 6) is 0.673. The van der Waals surface area contributed by atoms with Gasteiger partial charge >= 0.3 is 0 Å². The number of methoxy groups -OCH3 is 1. The maximum atomic E-state index is 11.9. The van der Waals surface area contributed by atoms with Gasteiger partial charge in [0.2, 0.25) is 0 Å². The fourth-order valence-corrected chi connectivity index (χ4v) is 1.57. The minimum Gasteiger partial charge on any atom is -0.496 e. The predicted molar refractivity (Wildman–Crippen MR) is 63.1 cm³/mol. The number of para-hydroxylation sites is 1. The van der Waals surface area contributed by atoms with Crippen LogP contribution < -0.4 is 4.74 Å². The Kier molecular flexibility index (Phi) is 3.45. The first-order valence-corrected chi connectivity index (χ1v) is 5.22. The number of carbonyl (C=O) groups excluding carboxylic acids is 1. The molecule has 0 spiro atoms. The second-order valence-electron chi connectivity index (χ2n) is 3.51. The van der Waals surface area contributed by atoms with Gasteiger partial charge in [0.15, 0.2) is 5.78 Å². The van der Waals surface area contributed by atoms with Crippen LogP contribution in [0.25, 0.3) is 0 Å². The molecule has 0 radical (unpaired) electrons. The molecule has 0 aliphatic rings. The van der Waals surface area contributed by atoms with Gasteiger partial charge in [0.25, 0.3) is 0 Å². The largest absolute Gasteiger partial charge is 0.496 e. The first kappa shape index (κ1) is 11.3. The van der Waals surface area contributed by atoms with Crippen LogP contribution in [-0.4, -0.2) is 22.9 Å². The van der Waals surface area contributed by atoms with Crippen LogP contribution in [0.5, 0.6) is 5.75 Å². The van der Waals surface area contributed by atoms with Crippen LogP contribution in [0.2, 0.25) is 0 Å². The Morgan fingerprint density at radius 1 is 1.29 bits per heavy atom. The minimum absolute atomic E-state index is 0.0445. The van der Waals surface area contributed by atoms with Gasteiger partial charge in [0.1, 0.15) is 17.8 Å². The van der Waals surface area contributed by atoms with Gasteiger partial charge in [-0.25, -0.2) is 9.97 Å². The fraction of sp³-hybridized carbons (Fsp3) is 0.154. The van der Waals surface area contributed by atoms with Gasteiger partial charge in [0.05, 0.1) is 7.11 Å². The van der Waals surface area contributed by atoms with Crippen LogP contribution in [-0.2, 0) is 6.42 Å². The molecule has 0 saturated heterocycles. The van der Waals surface area contributed by atoms with E-state index in [1.807, 2.05) is 24.3 Å². The fourth-order valence-electron chi connectivity index (χ4n) is 1.57. The van der Waals surface area contributed by atoms with Crippen molar-refractivity contribution in [3.8, 4) is 5.75 Å². The van der Waals surface area contributed by atoms with Crippen molar-refractivity contribution in [3.63, 3.8) is 0 Å². The molecular formula is C13H12N2O2. The van der Waals surface area contributed by atoms with E-state index in [4.69, 9.17) is 4.74 Å². The van der Waals surface area contributed by atoms with Crippen molar-refractivity contribution in [2.75, 3.05) is 7.11 Å². The molecule has 1 aromatic carbocycles. The van der Waals surface area contributed by atoms with E-state index in [9.17, 15) is 4.79 Å². The number of Topliss-reactive ketones (excluding diaryl/α,β-unsaturated/α-hetero) is 1.